The molecular formula is C26H28FN3O4S. The molecule has 3 N–H and O–H groups in total. The van der Waals surface area contributed by atoms with Crippen LogP contribution in [-0.4, -0.2) is 53.7 Å². The Kier molecular flexibility index (Phi) is 7.19. The molecule has 1 fully saturated rings. The van der Waals surface area contributed by atoms with Gasteiger partial charge in [0.1, 0.15) is 11.6 Å². The Balaban J connectivity index is 1.16. The molecule has 0 bridgehead atoms. The molecule has 3 atom stereocenters. The zero-order valence-electron chi connectivity index (χ0n) is 19.4. The summed E-state index contributed by atoms with van der Waals surface area (Å²) in [5.41, 5.74) is 3.03. The third kappa shape index (κ3) is 5.43. The van der Waals surface area contributed by atoms with Crippen LogP contribution in [0.1, 0.15) is 24.0 Å². The van der Waals surface area contributed by atoms with Crippen molar-refractivity contribution in [2.24, 2.45) is 0 Å². The fraction of sp³-hybridized carbons (Fsp3) is 0.385. The van der Waals surface area contributed by atoms with E-state index in [9.17, 15) is 14.3 Å². The number of amides is 1. The van der Waals surface area contributed by atoms with E-state index in [4.69, 9.17) is 9.47 Å². The van der Waals surface area contributed by atoms with Gasteiger partial charge in [0.2, 0.25) is 5.91 Å². The maximum absolute atomic E-state index is 14.5. The molecule has 9 heteroatoms. The van der Waals surface area contributed by atoms with Crippen LogP contribution in [0.2, 0.25) is 0 Å². The fourth-order valence-electron chi connectivity index (χ4n) is 4.62. The highest BCUT2D eigenvalue weighted by atomic mass is 32.2. The van der Waals surface area contributed by atoms with Gasteiger partial charge >= 0.3 is 0 Å². The minimum Gasteiger partial charge on any atom is -0.497 e. The summed E-state index contributed by atoms with van der Waals surface area (Å²) in [5, 5.41) is 18.0. The largest absolute Gasteiger partial charge is 0.497 e. The number of carbonyl (C=O) groups excluding carboxylic acids is 1. The molecule has 0 unspecified atom stereocenters. The molecule has 0 radical (unpaired) electrons. The second-order valence-electron chi connectivity index (χ2n) is 8.93. The van der Waals surface area contributed by atoms with Gasteiger partial charge in [-0.2, -0.15) is 0 Å². The Morgan fingerprint density at radius 3 is 2.97 bits per heavy atom. The lowest BCUT2D eigenvalue weighted by Gasteiger charge is -2.32. The van der Waals surface area contributed by atoms with Gasteiger partial charge in [0.15, 0.2) is 0 Å². The van der Waals surface area contributed by atoms with Crippen molar-refractivity contribution >= 4 is 34.3 Å². The quantitative estimate of drug-likeness (QED) is 0.459. The average Bonchev–Trinajstić information content (AvgIpc) is 2.88. The highest BCUT2D eigenvalue weighted by molar-refractivity contribution is 8.00. The zero-order valence-corrected chi connectivity index (χ0v) is 20.2. The number of anilines is 1. The predicted molar refractivity (Wildman–Crippen MR) is 133 cm³/mol. The number of aromatic nitrogens is 1. The van der Waals surface area contributed by atoms with Crippen LogP contribution in [0.25, 0.3) is 10.9 Å². The number of rotatable bonds is 7. The second-order valence-corrected chi connectivity index (χ2v) is 9.95. The van der Waals surface area contributed by atoms with Crippen molar-refractivity contribution in [3.8, 4) is 5.75 Å². The molecule has 7 nitrogen and oxygen atoms in total. The first-order chi connectivity index (χ1) is 17.0. The van der Waals surface area contributed by atoms with Crippen LogP contribution in [-0.2, 0) is 22.5 Å². The Bertz CT molecular complexity index is 1230. The smallest absolute Gasteiger partial charge is 0.234 e. The van der Waals surface area contributed by atoms with Crippen LogP contribution >= 0.6 is 11.8 Å². The zero-order chi connectivity index (χ0) is 24.4. The number of thioether (sulfide) groups is 1. The molecule has 5 rings (SSSR count). The Hall–Kier alpha value is -2.72. The van der Waals surface area contributed by atoms with Crippen LogP contribution in [0.3, 0.4) is 0 Å². The number of hydrogen-bond donors (Lipinski definition) is 3. The molecule has 0 saturated carbocycles. The lowest BCUT2D eigenvalue weighted by Crippen LogP contribution is -2.44. The van der Waals surface area contributed by atoms with E-state index < -0.39 is 6.10 Å². The van der Waals surface area contributed by atoms with Gasteiger partial charge in [-0.15, -0.1) is 11.8 Å². The van der Waals surface area contributed by atoms with Crippen molar-refractivity contribution in [2.75, 3.05) is 24.8 Å². The van der Waals surface area contributed by atoms with Gasteiger partial charge in [0.25, 0.3) is 0 Å². The van der Waals surface area contributed by atoms with Crippen LogP contribution < -0.4 is 15.4 Å². The molecule has 2 aliphatic heterocycles. The molecule has 0 spiro atoms. The molecule has 3 heterocycles. The molecular weight excluding hydrogens is 469 g/mol. The first-order valence-electron chi connectivity index (χ1n) is 11.7. The standard InChI is InChI=1S/C26H28FN3O4S/c1-33-18-3-4-21-19(10-18)15(6-7-28-21)9-23(31)24-5-2-17(13-34-24)29-12-16-8-22-25(11-20(16)27)35-14-26(32)30-22/h3-4,6-8,10-11,17,23-24,29,31H,2,5,9,12-14H2,1H3,(H,30,32)/t17-,23+,24+/m1/s1. The number of ether oxygens (including phenoxy) is 2. The summed E-state index contributed by atoms with van der Waals surface area (Å²) in [6.45, 7) is 0.775. The van der Waals surface area contributed by atoms with E-state index in [-0.39, 0.29) is 23.9 Å². The van der Waals surface area contributed by atoms with Crippen molar-refractivity contribution < 1.29 is 23.8 Å². The summed E-state index contributed by atoms with van der Waals surface area (Å²) in [6.07, 6.45) is 2.80. The number of fused-ring (bicyclic) bond motifs is 2. The molecule has 1 saturated heterocycles. The Labute approximate surface area is 207 Å². The number of carbonyl (C=O) groups is 1. The Morgan fingerprint density at radius 1 is 1.29 bits per heavy atom. The summed E-state index contributed by atoms with van der Waals surface area (Å²) in [4.78, 5) is 16.8. The normalized spacial score (nSPS) is 20.8. The van der Waals surface area contributed by atoms with E-state index in [1.807, 2.05) is 24.3 Å². The SMILES string of the molecule is COc1ccc2nccc(C[C@H](O)[C@@H]3CC[C@@H](NCc4cc5c(cc4F)SCC(=O)N5)CO3)c2c1. The van der Waals surface area contributed by atoms with Crippen molar-refractivity contribution in [2.45, 2.75) is 49.0 Å². The van der Waals surface area contributed by atoms with Crippen LogP contribution in [0, 0.1) is 5.82 Å². The molecule has 3 aromatic rings. The average molecular weight is 498 g/mol. The predicted octanol–water partition coefficient (Wildman–Crippen LogP) is 3.67. The number of nitrogens with one attached hydrogen (secondary N) is 2. The van der Waals surface area contributed by atoms with Gasteiger partial charge in [0.05, 0.1) is 42.9 Å². The minimum atomic E-state index is -0.646. The molecule has 1 amide bonds. The van der Waals surface area contributed by atoms with Crippen LogP contribution in [0.5, 0.6) is 5.75 Å². The monoisotopic (exact) mass is 497 g/mol. The van der Waals surface area contributed by atoms with Gasteiger partial charge < -0.3 is 25.2 Å². The number of methoxy groups -OCH3 is 1. The van der Waals surface area contributed by atoms with Gasteiger partial charge in [-0.3, -0.25) is 9.78 Å². The third-order valence-electron chi connectivity index (χ3n) is 6.57. The maximum Gasteiger partial charge on any atom is 0.234 e. The summed E-state index contributed by atoms with van der Waals surface area (Å²) >= 11 is 1.35. The summed E-state index contributed by atoms with van der Waals surface area (Å²) in [5.74, 6) is 0.700. The van der Waals surface area contributed by atoms with Crippen molar-refractivity contribution in [3.05, 3.63) is 59.5 Å². The summed E-state index contributed by atoms with van der Waals surface area (Å²) in [6, 6.07) is 10.9. The highest BCUT2D eigenvalue weighted by Crippen LogP contribution is 2.33. The summed E-state index contributed by atoms with van der Waals surface area (Å²) in [7, 11) is 1.63. The Morgan fingerprint density at radius 2 is 2.17 bits per heavy atom. The molecule has 2 aromatic carbocycles. The molecule has 0 aliphatic carbocycles. The number of aliphatic hydroxyl groups excluding tert-OH is 1. The molecule has 35 heavy (non-hydrogen) atoms. The van der Waals surface area contributed by atoms with Gasteiger partial charge in [-0.05, 0) is 54.8 Å². The lowest BCUT2D eigenvalue weighted by molar-refractivity contribution is -0.113. The van der Waals surface area contributed by atoms with E-state index in [0.717, 1.165) is 33.5 Å². The molecule has 184 valence electrons. The number of aliphatic hydroxyl groups is 1. The van der Waals surface area contributed by atoms with Crippen molar-refractivity contribution in [1.29, 1.82) is 0 Å². The molecule has 2 aliphatic rings. The van der Waals surface area contributed by atoms with Crippen molar-refractivity contribution in [3.63, 3.8) is 0 Å². The number of benzene rings is 2. The minimum absolute atomic E-state index is 0.0591. The first-order valence-corrected chi connectivity index (χ1v) is 12.7. The van der Waals surface area contributed by atoms with Crippen LogP contribution in [0.4, 0.5) is 10.1 Å². The van der Waals surface area contributed by atoms with Gasteiger partial charge in [-0.1, -0.05) is 0 Å². The van der Waals surface area contributed by atoms with Crippen molar-refractivity contribution in [1.82, 2.24) is 10.3 Å². The number of halogens is 1. The fourth-order valence-corrected chi connectivity index (χ4v) is 5.43. The first kappa shape index (κ1) is 24.0. The molecule has 1 aromatic heterocycles. The third-order valence-corrected chi connectivity index (χ3v) is 7.63. The van der Waals surface area contributed by atoms with E-state index >= 15 is 0 Å². The van der Waals surface area contributed by atoms with E-state index in [1.54, 1.807) is 19.4 Å². The topological polar surface area (TPSA) is 92.7 Å². The summed E-state index contributed by atoms with van der Waals surface area (Å²) < 4.78 is 25.9. The van der Waals surface area contributed by atoms with E-state index in [1.165, 1.54) is 17.8 Å². The second kappa shape index (κ2) is 10.5. The lowest BCUT2D eigenvalue weighted by atomic mass is 9.95. The number of pyridine rings is 1. The highest BCUT2D eigenvalue weighted by Gasteiger charge is 2.28. The number of hydrogen-bond acceptors (Lipinski definition) is 7. The number of nitrogens with zero attached hydrogens (tertiary/aromatic N) is 1. The van der Waals surface area contributed by atoms with E-state index in [0.29, 0.717) is 43.0 Å². The van der Waals surface area contributed by atoms with Gasteiger partial charge in [-0.25, -0.2) is 4.39 Å². The van der Waals surface area contributed by atoms with E-state index in [2.05, 4.69) is 15.6 Å². The van der Waals surface area contributed by atoms with Gasteiger partial charge in [0, 0.05) is 41.0 Å². The maximum atomic E-state index is 14.5. The van der Waals surface area contributed by atoms with Crippen LogP contribution in [0.15, 0.2) is 47.5 Å².